The van der Waals surface area contributed by atoms with Gasteiger partial charge in [0.2, 0.25) is 0 Å². The average Bonchev–Trinajstić information content (AvgIpc) is 2.56. The number of benzene rings is 8. The molecule has 0 aliphatic rings. The predicted octanol–water partition coefficient (Wildman–Crippen LogP) is 22.1. The summed E-state index contributed by atoms with van der Waals surface area (Å²) in [6.45, 7) is 14.7. The largest absolute Gasteiger partial charge is 0.265 e. The normalized spacial score (nSPS) is 9.96. The maximum atomic E-state index is 12.7. The van der Waals surface area contributed by atoms with Crippen molar-refractivity contribution in [2.45, 2.75) is 48.5 Å². The molecule has 6 heterocycles. The molecule has 6 aromatic heterocycles. The van der Waals surface area contributed by atoms with Crippen molar-refractivity contribution < 1.29 is 4.39 Å². The molecule has 8 aromatic carbocycles. The highest BCUT2D eigenvalue weighted by molar-refractivity contribution is 5.69. The van der Waals surface area contributed by atoms with Crippen LogP contribution >= 0.6 is 0 Å². The third-order valence-corrected chi connectivity index (χ3v) is 14.6. The minimum Gasteiger partial charge on any atom is -0.265 e. The van der Waals surface area contributed by atoms with E-state index in [1.807, 2.05) is 123 Å². The molecule has 0 unspecified atom stereocenters. The Morgan fingerprint density at radius 2 is 0.489 bits per heavy atom. The molecule has 14 aromatic rings. The summed E-state index contributed by atoms with van der Waals surface area (Å²) in [6, 6.07) is 89.5. The van der Waals surface area contributed by atoms with E-state index in [1.165, 1.54) is 118 Å². The number of nitrogens with zero attached hydrogens (tertiary/aromatic N) is 6. The van der Waals surface area contributed by atoms with Crippen molar-refractivity contribution in [3.8, 4) is 77.9 Å². The SMILES string of the molecule is Cc1ccc(-c2ccc(F)cc2)cc1.Cc1ccc(-c2cccnc2)cc1.Cc1ccc(-c2ccncc2)cc1.Cc1cccc(-c2cccnc2)c1.Cc1cccc(-c2ccncc2)c1.Cc1ccccc1-c1cccnc1.Cc1ccccc1-c1ccncc1. The monoisotopic (exact) mass is 1200 g/mol. The minimum atomic E-state index is -0.194. The summed E-state index contributed by atoms with van der Waals surface area (Å²) in [5.41, 5.74) is 25.8. The van der Waals surface area contributed by atoms with Crippen LogP contribution in [-0.4, -0.2) is 29.9 Å². The molecule has 0 bridgehead atoms. The van der Waals surface area contributed by atoms with E-state index in [0.717, 1.165) is 11.1 Å². The Hall–Kier alpha value is -11.4. The highest BCUT2D eigenvalue weighted by Gasteiger charge is 2.03. The molecule has 7 heteroatoms. The highest BCUT2D eigenvalue weighted by Crippen LogP contribution is 2.25. The van der Waals surface area contributed by atoms with Gasteiger partial charge in [0.15, 0.2) is 0 Å². The zero-order chi connectivity index (χ0) is 64.5. The van der Waals surface area contributed by atoms with Crippen LogP contribution in [0.1, 0.15) is 38.9 Å². The van der Waals surface area contributed by atoms with Crippen molar-refractivity contribution in [3.63, 3.8) is 0 Å². The first-order valence-electron chi connectivity index (χ1n) is 30.6. The van der Waals surface area contributed by atoms with Gasteiger partial charge in [0.1, 0.15) is 5.82 Å². The fraction of sp³-hybridized carbons (Fsp3) is 0.0824. The van der Waals surface area contributed by atoms with Crippen LogP contribution in [-0.2, 0) is 0 Å². The Morgan fingerprint density at radius 1 is 0.196 bits per heavy atom. The number of hydrogen-bond donors (Lipinski definition) is 0. The van der Waals surface area contributed by atoms with Gasteiger partial charge >= 0.3 is 0 Å². The second-order valence-corrected chi connectivity index (χ2v) is 21.9. The second kappa shape index (κ2) is 36.2. The smallest absolute Gasteiger partial charge is 0.123 e. The third kappa shape index (κ3) is 22.0. The Balaban J connectivity index is 0.000000138. The van der Waals surface area contributed by atoms with E-state index in [-0.39, 0.29) is 5.82 Å². The molecular weight excluding hydrogens is 1120 g/mol. The van der Waals surface area contributed by atoms with Gasteiger partial charge in [0.05, 0.1) is 0 Å². The number of rotatable bonds is 7. The lowest BCUT2D eigenvalue weighted by Gasteiger charge is -2.03. The Kier molecular flexibility index (Phi) is 26.2. The van der Waals surface area contributed by atoms with Crippen molar-refractivity contribution in [1.82, 2.24) is 29.9 Å². The maximum absolute atomic E-state index is 12.7. The van der Waals surface area contributed by atoms with Crippen molar-refractivity contribution in [2.75, 3.05) is 0 Å². The molecule has 0 amide bonds. The van der Waals surface area contributed by atoms with Crippen molar-refractivity contribution >= 4 is 0 Å². The van der Waals surface area contributed by atoms with Crippen LogP contribution in [0.25, 0.3) is 77.9 Å². The molecule has 0 spiro atoms. The van der Waals surface area contributed by atoms with Crippen molar-refractivity contribution in [3.05, 3.63) is 386 Å². The van der Waals surface area contributed by atoms with Crippen molar-refractivity contribution in [2.24, 2.45) is 0 Å². The predicted molar refractivity (Wildman–Crippen MR) is 383 cm³/mol. The van der Waals surface area contributed by atoms with Crippen LogP contribution in [0, 0.1) is 54.3 Å². The average molecular weight is 1200 g/mol. The zero-order valence-electron chi connectivity index (χ0n) is 53.4. The van der Waals surface area contributed by atoms with E-state index in [9.17, 15) is 4.39 Å². The quantitative estimate of drug-likeness (QED) is 0.158. The van der Waals surface area contributed by atoms with Crippen molar-refractivity contribution in [1.29, 1.82) is 0 Å². The topological polar surface area (TPSA) is 77.3 Å². The Bertz CT molecular complexity index is 4060. The molecular formula is C85H77FN6. The molecule has 0 saturated carbocycles. The first-order valence-corrected chi connectivity index (χ1v) is 30.6. The first-order chi connectivity index (χ1) is 44.9. The lowest BCUT2D eigenvalue weighted by atomic mass is 10.0. The van der Waals surface area contributed by atoms with E-state index in [2.05, 4.69) is 254 Å². The summed E-state index contributed by atoms with van der Waals surface area (Å²) < 4.78 is 12.7. The van der Waals surface area contributed by atoms with Gasteiger partial charge in [-0.2, -0.15) is 0 Å². The number of hydrogen-bond acceptors (Lipinski definition) is 6. The van der Waals surface area contributed by atoms with Gasteiger partial charge in [-0.25, -0.2) is 4.39 Å². The standard InChI is InChI=1S/C13H11F.6C12H11N/c1-10-2-4-11(5-3-10)12-6-8-13(14)9-7-12;1-10-2-4-11(5-3-10)12-6-8-13-9-7-12;1-10-4-2-5-11(8-10)12-6-3-7-13-9-12;1-10-4-6-11(7-5-10)12-3-2-8-13-9-12;1-10-5-2-3-7-12(10)11-6-4-8-13-9-11;1-10-3-2-4-12(9-10)11-5-7-13-8-6-11;1-10-4-2-3-5-12(10)11-6-8-13-9-7-11/h2-9H,1H3;6*2-9H,1H3. The summed E-state index contributed by atoms with van der Waals surface area (Å²) in [7, 11) is 0. The van der Waals surface area contributed by atoms with E-state index in [0.29, 0.717) is 0 Å². The molecule has 0 aliphatic heterocycles. The van der Waals surface area contributed by atoms with Gasteiger partial charge in [0, 0.05) is 79.9 Å². The molecule has 92 heavy (non-hydrogen) atoms. The van der Waals surface area contributed by atoms with Gasteiger partial charge in [-0.15, -0.1) is 0 Å². The highest BCUT2D eigenvalue weighted by atomic mass is 19.1. The van der Waals surface area contributed by atoms with Gasteiger partial charge in [-0.3, -0.25) is 29.9 Å². The molecule has 0 fully saturated rings. The Labute approximate surface area is 543 Å². The van der Waals surface area contributed by atoms with Crippen LogP contribution in [0.3, 0.4) is 0 Å². The van der Waals surface area contributed by atoms with E-state index in [4.69, 9.17) is 0 Å². The van der Waals surface area contributed by atoms with Gasteiger partial charge in [0.25, 0.3) is 0 Å². The third-order valence-electron chi connectivity index (χ3n) is 14.6. The van der Waals surface area contributed by atoms with Crippen LogP contribution in [0.5, 0.6) is 0 Å². The molecule has 0 N–H and O–H groups in total. The fourth-order valence-electron chi connectivity index (χ4n) is 9.53. The van der Waals surface area contributed by atoms with E-state index < -0.39 is 0 Å². The second-order valence-electron chi connectivity index (χ2n) is 21.9. The lowest BCUT2D eigenvalue weighted by molar-refractivity contribution is 0.628. The van der Waals surface area contributed by atoms with E-state index >= 15 is 0 Å². The lowest BCUT2D eigenvalue weighted by Crippen LogP contribution is -1.82. The van der Waals surface area contributed by atoms with Gasteiger partial charge < -0.3 is 0 Å². The summed E-state index contributed by atoms with van der Waals surface area (Å²) in [6.07, 6.45) is 21.9. The number of pyridine rings is 6. The molecule has 0 aliphatic carbocycles. The number of aromatic nitrogens is 6. The summed E-state index contributed by atoms with van der Waals surface area (Å²) >= 11 is 0. The minimum absolute atomic E-state index is 0.194. The van der Waals surface area contributed by atoms with Crippen LogP contribution < -0.4 is 0 Å². The fourth-order valence-corrected chi connectivity index (χ4v) is 9.53. The molecule has 14 rings (SSSR count). The molecule has 6 nitrogen and oxygen atoms in total. The number of halogens is 1. The summed E-state index contributed by atoms with van der Waals surface area (Å²) in [5.74, 6) is -0.194. The number of aryl methyl sites for hydroxylation is 7. The maximum Gasteiger partial charge on any atom is 0.123 e. The van der Waals surface area contributed by atoms with Gasteiger partial charge in [-0.1, -0.05) is 228 Å². The molecule has 0 radical (unpaired) electrons. The molecule has 454 valence electrons. The summed E-state index contributed by atoms with van der Waals surface area (Å²) in [4.78, 5) is 24.3. The van der Waals surface area contributed by atoms with E-state index in [1.54, 1.807) is 30.7 Å². The molecule has 0 atom stereocenters. The summed E-state index contributed by atoms with van der Waals surface area (Å²) in [5, 5.41) is 0. The molecule has 0 saturated heterocycles. The van der Waals surface area contributed by atoms with Crippen LogP contribution in [0.2, 0.25) is 0 Å². The van der Waals surface area contributed by atoms with Crippen LogP contribution in [0.15, 0.2) is 341 Å². The first kappa shape index (κ1) is 66.5. The zero-order valence-corrected chi connectivity index (χ0v) is 53.4. The van der Waals surface area contributed by atoms with Gasteiger partial charge in [-0.05, 0) is 199 Å². The van der Waals surface area contributed by atoms with Crippen LogP contribution in [0.4, 0.5) is 4.39 Å². The Morgan fingerprint density at radius 3 is 0.859 bits per heavy atom.